The zero-order chi connectivity index (χ0) is 22.8. The fourth-order valence-electron chi connectivity index (χ4n) is 4.15. The number of esters is 1. The van der Waals surface area contributed by atoms with E-state index in [-0.39, 0.29) is 12.5 Å². The maximum Gasteiger partial charge on any atom is 0.339 e. The number of carbonyl (C=O) groups is 2. The van der Waals surface area contributed by atoms with E-state index in [4.69, 9.17) is 9.72 Å². The van der Waals surface area contributed by atoms with E-state index in [1.165, 1.54) is 4.90 Å². The number of hydrogen-bond acceptors (Lipinski definition) is 5. The van der Waals surface area contributed by atoms with Crippen molar-refractivity contribution in [1.29, 1.82) is 0 Å². The molecule has 0 bridgehead atoms. The summed E-state index contributed by atoms with van der Waals surface area (Å²) in [7, 11) is 1.67. The molecule has 1 aliphatic carbocycles. The second-order valence-corrected chi connectivity index (χ2v) is 8.86. The molecule has 0 saturated carbocycles. The van der Waals surface area contributed by atoms with Gasteiger partial charge in [0.1, 0.15) is 0 Å². The first-order chi connectivity index (χ1) is 16.1. The van der Waals surface area contributed by atoms with Gasteiger partial charge in [0.2, 0.25) is 0 Å². The number of amides is 1. The molecule has 4 aromatic rings. The number of pyridine rings is 1. The van der Waals surface area contributed by atoms with Crippen LogP contribution < -0.4 is 4.90 Å². The molecule has 0 spiro atoms. The fourth-order valence-corrected chi connectivity index (χ4v) is 4.83. The Morgan fingerprint density at radius 1 is 1.03 bits per heavy atom. The van der Waals surface area contributed by atoms with E-state index in [9.17, 15) is 9.59 Å². The lowest BCUT2D eigenvalue weighted by Crippen LogP contribution is -2.31. The van der Waals surface area contributed by atoms with Crippen LogP contribution in [-0.4, -0.2) is 30.5 Å². The van der Waals surface area contributed by atoms with Crippen LogP contribution in [0.1, 0.15) is 32.9 Å². The second-order valence-electron chi connectivity index (χ2n) is 7.88. The van der Waals surface area contributed by atoms with Crippen LogP contribution in [0.25, 0.3) is 22.6 Å². The number of likely N-dealkylation sites (N-methyl/N-ethyl adjacent to an activating group) is 1. The van der Waals surface area contributed by atoms with E-state index in [1.54, 1.807) is 18.4 Å². The molecule has 0 saturated heterocycles. The number of rotatable bonds is 5. The number of benzene rings is 2. The van der Waals surface area contributed by atoms with Crippen molar-refractivity contribution in [1.82, 2.24) is 4.98 Å². The Morgan fingerprint density at radius 3 is 2.61 bits per heavy atom. The van der Waals surface area contributed by atoms with E-state index in [0.29, 0.717) is 12.0 Å². The molecule has 0 aliphatic heterocycles. The van der Waals surface area contributed by atoms with Crippen LogP contribution in [-0.2, 0) is 16.0 Å². The lowest BCUT2D eigenvalue weighted by Gasteiger charge is -2.17. The van der Waals surface area contributed by atoms with Crippen LogP contribution in [0.2, 0.25) is 0 Å². The molecule has 164 valence electrons. The largest absolute Gasteiger partial charge is 0.452 e. The molecule has 0 fully saturated rings. The highest BCUT2D eigenvalue weighted by Gasteiger charge is 2.28. The van der Waals surface area contributed by atoms with Crippen molar-refractivity contribution in [3.63, 3.8) is 0 Å². The third-order valence-electron chi connectivity index (χ3n) is 5.85. The van der Waals surface area contributed by atoms with Crippen molar-refractivity contribution in [2.45, 2.75) is 12.8 Å². The number of ether oxygens (including phenoxy) is 1. The lowest BCUT2D eigenvalue weighted by atomic mass is 10.0. The van der Waals surface area contributed by atoms with Gasteiger partial charge < -0.3 is 9.64 Å². The average molecular weight is 455 g/mol. The summed E-state index contributed by atoms with van der Waals surface area (Å²) in [5.74, 6) is -0.778. The molecular formula is C27H22N2O3S. The number of anilines is 1. The Bertz CT molecular complexity index is 1360. The van der Waals surface area contributed by atoms with Gasteiger partial charge in [-0.25, -0.2) is 9.78 Å². The summed E-state index contributed by atoms with van der Waals surface area (Å²) in [6, 6.07) is 21.0. The molecule has 6 heteroatoms. The van der Waals surface area contributed by atoms with E-state index in [1.807, 2.05) is 66.0 Å². The Kier molecular flexibility index (Phi) is 5.75. The second kappa shape index (κ2) is 9.00. The quantitative estimate of drug-likeness (QED) is 0.368. The van der Waals surface area contributed by atoms with Crippen LogP contribution in [0.5, 0.6) is 0 Å². The van der Waals surface area contributed by atoms with Crippen LogP contribution in [0, 0.1) is 0 Å². The van der Waals surface area contributed by atoms with Crippen LogP contribution >= 0.6 is 11.3 Å². The molecule has 2 aromatic heterocycles. The fraction of sp³-hybridized carbons (Fsp3) is 0.148. The van der Waals surface area contributed by atoms with Gasteiger partial charge in [-0.3, -0.25) is 4.79 Å². The van der Waals surface area contributed by atoms with E-state index >= 15 is 0 Å². The molecule has 2 heterocycles. The van der Waals surface area contributed by atoms with Gasteiger partial charge in [0.15, 0.2) is 6.61 Å². The Labute approximate surface area is 196 Å². The molecule has 5 nitrogen and oxygen atoms in total. The van der Waals surface area contributed by atoms with Crippen molar-refractivity contribution in [2.24, 2.45) is 0 Å². The summed E-state index contributed by atoms with van der Waals surface area (Å²) in [6.07, 6.45) is 3.67. The van der Waals surface area contributed by atoms with Gasteiger partial charge >= 0.3 is 5.97 Å². The zero-order valence-corrected chi connectivity index (χ0v) is 19.0. The van der Waals surface area contributed by atoms with Gasteiger partial charge in [0.25, 0.3) is 5.91 Å². The molecule has 1 aliphatic rings. The minimum absolute atomic E-state index is 0.289. The first kappa shape index (κ1) is 21.1. The standard InChI is InChI=1S/C27H22N2O3S/c1-29(19-8-3-2-4-9-19)24(30)17-32-27(31)25-21-11-5-6-12-23(21)28-26-18(13-14-22(25)26)16-20-10-7-15-33-20/h2-12,15-16H,13-14,17H2,1H3. The summed E-state index contributed by atoms with van der Waals surface area (Å²) in [5, 5.41) is 2.80. The number of carbonyl (C=O) groups excluding carboxylic acids is 2. The molecule has 5 rings (SSSR count). The molecule has 0 unspecified atom stereocenters. The number of nitrogens with zero attached hydrogens (tertiary/aromatic N) is 2. The van der Waals surface area contributed by atoms with Crippen molar-refractivity contribution in [3.8, 4) is 0 Å². The minimum atomic E-state index is -0.489. The smallest absolute Gasteiger partial charge is 0.339 e. The minimum Gasteiger partial charge on any atom is -0.452 e. The summed E-state index contributed by atoms with van der Waals surface area (Å²) in [5.41, 5.74) is 4.87. The van der Waals surface area contributed by atoms with Gasteiger partial charge in [-0.1, -0.05) is 42.5 Å². The van der Waals surface area contributed by atoms with Crippen molar-refractivity contribution >= 4 is 51.5 Å². The first-order valence-corrected chi connectivity index (χ1v) is 11.6. The summed E-state index contributed by atoms with van der Waals surface area (Å²) >= 11 is 1.67. The molecule has 2 aromatic carbocycles. The molecule has 0 N–H and O–H groups in total. The third kappa shape index (κ3) is 4.17. The highest BCUT2D eigenvalue weighted by Crippen LogP contribution is 2.38. The monoisotopic (exact) mass is 454 g/mol. The van der Waals surface area contributed by atoms with E-state index in [2.05, 4.69) is 12.1 Å². The predicted molar refractivity (Wildman–Crippen MR) is 132 cm³/mol. The Balaban J connectivity index is 1.45. The highest BCUT2D eigenvalue weighted by molar-refractivity contribution is 7.10. The molecule has 0 radical (unpaired) electrons. The van der Waals surface area contributed by atoms with E-state index < -0.39 is 5.97 Å². The zero-order valence-electron chi connectivity index (χ0n) is 18.2. The number of para-hydroxylation sites is 2. The molecule has 0 atom stereocenters. The van der Waals surface area contributed by atoms with Gasteiger partial charge in [-0.15, -0.1) is 11.3 Å². The maximum absolute atomic E-state index is 13.3. The molecule has 33 heavy (non-hydrogen) atoms. The number of hydrogen-bond donors (Lipinski definition) is 0. The topological polar surface area (TPSA) is 59.5 Å². The van der Waals surface area contributed by atoms with Gasteiger partial charge in [0.05, 0.1) is 16.8 Å². The van der Waals surface area contributed by atoms with Crippen LogP contribution in [0.15, 0.2) is 72.1 Å². The van der Waals surface area contributed by atoms with Crippen molar-refractivity contribution < 1.29 is 14.3 Å². The van der Waals surface area contributed by atoms with Crippen LogP contribution in [0.3, 0.4) is 0 Å². The van der Waals surface area contributed by atoms with Gasteiger partial charge in [0, 0.05) is 23.0 Å². The molecular weight excluding hydrogens is 432 g/mol. The average Bonchev–Trinajstić information content (AvgIpc) is 3.51. The lowest BCUT2D eigenvalue weighted by molar-refractivity contribution is -0.121. The van der Waals surface area contributed by atoms with Crippen LogP contribution in [0.4, 0.5) is 5.69 Å². The number of allylic oxidation sites excluding steroid dienone is 1. The van der Waals surface area contributed by atoms with Crippen molar-refractivity contribution in [3.05, 3.63) is 93.8 Å². The maximum atomic E-state index is 13.3. The molecule has 1 amide bonds. The normalized spacial score (nSPS) is 13.8. The number of aromatic nitrogens is 1. The summed E-state index contributed by atoms with van der Waals surface area (Å²) in [6.45, 7) is -0.326. The van der Waals surface area contributed by atoms with Gasteiger partial charge in [-0.05, 0) is 59.7 Å². The summed E-state index contributed by atoms with van der Waals surface area (Å²) in [4.78, 5) is 33.4. The Hall–Kier alpha value is -3.77. The number of thiophene rings is 1. The third-order valence-corrected chi connectivity index (χ3v) is 6.67. The number of fused-ring (bicyclic) bond motifs is 2. The van der Waals surface area contributed by atoms with E-state index in [0.717, 1.165) is 44.7 Å². The Morgan fingerprint density at radius 2 is 1.82 bits per heavy atom. The highest BCUT2D eigenvalue weighted by atomic mass is 32.1. The summed E-state index contributed by atoms with van der Waals surface area (Å²) < 4.78 is 5.53. The SMILES string of the molecule is CN(C(=O)COC(=O)c1c2c(nc3ccccc13)C(=Cc1cccs1)CC2)c1ccccc1. The van der Waals surface area contributed by atoms with Gasteiger partial charge in [-0.2, -0.15) is 0 Å². The van der Waals surface area contributed by atoms with Crippen molar-refractivity contribution in [2.75, 3.05) is 18.6 Å². The predicted octanol–water partition coefficient (Wildman–Crippen LogP) is 5.60. The first-order valence-electron chi connectivity index (χ1n) is 10.8.